The Balaban J connectivity index is 1.68. The molecule has 0 atom stereocenters. The van der Waals surface area contributed by atoms with E-state index in [4.69, 9.17) is 0 Å². The third-order valence-corrected chi connectivity index (χ3v) is 6.30. The van der Waals surface area contributed by atoms with Gasteiger partial charge in [-0.25, -0.2) is 8.42 Å². The van der Waals surface area contributed by atoms with Crippen molar-refractivity contribution < 1.29 is 8.42 Å². The van der Waals surface area contributed by atoms with Crippen molar-refractivity contribution in [3.05, 3.63) is 24.0 Å². The maximum absolute atomic E-state index is 12.2. The summed E-state index contributed by atoms with van der Waals surface area (Å²) in [5.41, 5.74) is 2.31. The number of aryl methyl sites for hydroxylation is 1. The largest absolute Gasteiger partial charge is 0.367 e. The van der Waals surface area contributed by atoms with Crippen molar-refractivity contribution in [3.8, 4) is 0 Å². The first-order chi connectivity index (χ1) is 9.09. The Morgan fingerprint density at radius 1 is 1.21 bits per heavy atom. The van der Waals surface area contributed by atoms with Gasteiger partial charge in [-0.05, 0) is 31.4 Å². The lowest BCUT2D eigenvalue weighted by Crippen LogP contribution is -2.49. The SMILES string of the molecule is Cc1ccncc1N1CCN(S(=O)(=O)C2CC2)CC1. The highest BCUT2D eigenvalue weighted by molar-refractivity contribution is 7.90. The minimum absolute atomic E-state index is 0.0980. The highest BCUT2D eigenvalue weighted by Crippen LogP contribution is 2.32. The number of hydrogen-bond donors (Lipinski definition) is 0. The van der Waals surface area contributed by atoms with Crippen LogP contribution in [0, 0.1) is 6.92 Å². The van der Waals surface area contributed by atoms with Crippen molar-refractivity contribution in [2.45, 2.75) is 25.0 Å². The Hall–Kier alpha value is -1.14. The second-order valence-electron chi connectivity index (χ2n) is 5.29. The average Bonchev–Trinajstić information content (AvgIpc) is 3.24. The van der Waals surface area contributed by atoms with E-state index in [1.165, 1.54) is 5.56 Å². The Morgan fingerprint density at radius 2 is 1.89 bits per heavy atom. The summed E-state index contributed by atoms with van der Waals surface area (Å²) in [7, 11) is -3.01. The molecule has 0 N–H and O–H groups in total. The zero-order valence-corrected chi connectivity index (χ0v) is 11.9. The molecule has 0 unspecified atom stereocenters. The number of piperazine rings is 1. The minimum atomic E-state index is -3.01. The topological polar surface area (TPSA) is 53.5 Å². The molecule has 6 heteroatoms. The van der Waals surface area contributed by atoms with Gasteiger partial charge in [0.25, 0.3) is 0 Å². The molecule has 5 nitrogen and oxygen atoms in total. The highest BCUT2D eigenvalue weighted by Gasteiger charge is 2.40. The van der Waals surface area contributed by atoms with Crippen molar-refractivity contribution in [1.29, 1.82) is 0 Å². The van der Waals surface area contributed by atoms with Gasteiger partial charge in [0.05, 0.1) is 17.1 Å². The second-order valence-corrected chi connectivity index (χ2v) is 7.51. The number of pyridine rings is 1. The lowest BCUT2D eigenvalue weighted by Gasteiger charge is -2.35. The van der Waals surface area contributed by atoms with Gasteiger partial charge >= 0.3 is 0 Å². The number of nitrogens with zero attached hydrogens (tertiary/aromatic N) is 3. The summed E-state index contributed by atoms with van der Waals surface area (Å²) in [5.74, 6) is 0. The van der Waals surface area contributed by atoms with Gasteiger partial charge in [0.15, 0.2) is 0 Å². The van der Waals surface area contributed by atoms with Crippen LogP contribution in [0.1, 0.15) is 18.4 Å². The Kier molecular flexibility index (Phi) is 3.22. The van der Waals surface area contributed by atoms with Gasteiger partial charge < -0.3 is 4.90 Å². The fourth-order valence-corrected chi connectivity index (χ4v) is 4.37. The van der Waals surface area contributed by atoms with Crippen molar-refractivity contribution in [3.63, 3.8) is 0 Å². The predicted molar refractivity (Wildman–Crippen MR) is 74.7 cm³/mol. The molecule has 2 fully saturated rings. The summed E-state index contributed by atoms with van der Waals surface area (Å²) in [6, 6.07) is 1.99. The van der Waals surface area contributed by atoms with Gasteiger partial charge in [-0.3, -0.25) is 4.98 Å². The highest BCUT2D eigenvalue weighted by atomic mass is 32.2. The lowest BCUT2D eigenvalue weighted by molar-refractivity contribution is 0.384. The summed E-state index contributed by atoms with van der Waals surface area (Å²) in [4.78, 5) is 6.38. The minimum Gasteiger partial charge on any atom is -0.367 e. The maximum Gasteiger partial charge on any atom is 0.217 e. The molecule has 2 heterocycles. The molecule has 1 aromatic rings. The van der Waals surface area contributed by atoms with Crippen molar-refractivity contribution >= 4 is 15.7 Å². The summed E-state index contributed by atoms with van der Waals surface area (Å²) in [6.45, 7) is 4.74. The van der Waals surface area contributed by atoms with E-state index in [0.717, 1.165) is 31.6 Å². The zero-order chi connectivity index (χ0) is 13.5. The molecule has 0 bridgehead atoms. The quantitative estimate of drug-likeness (QED) is 0.829. The first-order valence-corrected chi connectivity index (χ1v) is 8.24. The van der Waals surface area contributed by atoms with Crippen LogP contribution in [-0.2, 0) is 10.0 Å². The van der Waals surface area contributed by atoms with E-state index in [0.29, 0.717) is 13.1 Å². The van der Waals surface area contributed by atoms with Crippen LogP contribution in [0.5, 0.6) is 0 Å². The average molecular weight is 281 g/mol. The van der Waals surface area contributed by atoms with Crippen molar-refractivity contribution in [2.75, 3.05) is 31.1 Å². The third-order valence-electron chi connectivity index (χ3n) is 3.90. The van der Waals surface area contributed by atoms with Crippen molar-refractivity contribution in [2.24, 2.45) is 0 Å². The Bertz CT molecular complexity index is 561. The molecule has 0 radical (unpaired) electrons. The van der Waals surface area contributed by atoms with Crippen LogP contribution in [0.4, 0.5) is 5.69 Å². The molecule has 2 aliphatic rings. The number of sulfonamides is 1. The molecule has 1 saturated heterocycles. The van der Waals surface area contributed by atoms with Gasteiger partial charge in [-0.2, -0.15) is 4.31 Å². The van der Waals surface area contributed by atoms with Crippen LogP contribution in [0.15, 0.2) is 18.5 Å². The normalized spacial score (nSPS) is 21.6. The number of anilines is 1. The van der Waals surface area contributed by atoms with E-state index in [9.17, 15) is 8.42 Å². The first-order valence-electron chi connectivity index (χ1n) is 6.73. The smallest absolute Gasteiger partial charge is 0.217 e. The summed E-state index contributed by atoms with van der Waals surface area (Å²) in [6.07, 6.45) is 5.32. The molecule has 1 aliphatic carbocycles. The molecule has 1 aliphatic heterocycles. The van der Waals surface area contributed by atoms with E-state index in [1.54, 1.807) is 10.5 Å². The first kappa shape index (κ1) is 12.9. The van der Waals surface area contributed by atoms with Gasteiger partial charge in [0.1, 0.15) is 0 Å². The van der Waals surface area contributed by atoms with E-state index < -0.39 is 10.0 Å². The van der Waals surface area contributed by atoms with Gasteiger partial charge in [-0.15, -0.1) is 0 Å². The van der Waals surface area contributed by atoms with E-state index in [-0.39, 0.29) is 5.25 Å². The molecule has 104 valence electrons. The fraction of sp³-hybridized carbons (Fsp3) is 0.615. The Morgan fingerprint density at radius 3 is 2.47 bits per heavy atom. The number of aromatic nitrogens is 1. The number of rotatable bonds is 3. The number of hydrogen-bond acceptors (Lipinski definition) is 4. The fourth-order valence-electron chi connectivity index (χ4n) is 2.55. The molecule has 3 rings (SSSR count). The molecule has 0 spiro atoms. The standard InChI is InChI=1S/C13H19N3O2S/c1-11-4-5-14-10-13(11)15-6-8-16(9-7-15)19(17,18)12-2-3-12/h4-5,10,12H,2-3,6-9H2,1H3. The third kappa shape index (κ3) is 2.47. The molecular weight excluding hydrogens is 262 g/mol. The lowest BCUT2D eigenvalue weighted by atomic mass is 10.2. The zero-order valence-electron chi connectivity index (χ0n) is 11.1. The molecule has 1 saturated carbocycles. The van der Waals surface area contributed by atoms with E-state index in [2.05, 4.69) is 16.8 Å². The molecule has 19 heavy (non-hydrogen) atoms. The van der Waals surface area contributed by atoms with Crippen LogP contribution in [0.3, 0.4) is 0 Å². The van der Waals surface area contributed by atoms with Crippen molar-refractivity contribution in [1.82, 2.24) is 9.29 Å². The van der Waals surface area contributed by atoms with Crippen LogP contribution >= 0.6 is 0 Å². The predicted octanol–water partition coefficient (Wildman–Crippen LogP) is 1.00. The molecule has 1 aromatic heterocycles. The summed E-state index contributed by atoms with van der Waals surface area (Å²) in [5, 5.41) is -0.0980. The maximum atomic E-state index is 12.2. The van der Waals surface area contributed by atoms with E-state index in [1.807, 2.05) is 12.3 Å². The van der Waals surface area contributed by atoms with Gasteiger partial charge in [-0.1, -0.05) is 0 Å². The van der Waals surface area contributed by atoms with Crippen LogP contribution in [0.25, 0.3) is 0 Å². The monoisotopic (exact) mass is 281 g/mol. The molecular formula is C13H19N3O2S. The summed E-state index contributed by atoms with van der Waals surface area (Å²) >= 11 is 0. The Labute approximate surface area is 114 Å². The summed E-state index contributed by atoms with van der Waals surface area (Å²) < 4.78 is 26.0. The molecule has 0 amide bonds. The van der Waals surface area contributed by atoms with Gasteiger partial charge in [0.2, 0.25) is 10.0 Å². The van der Waals surface area contributed by atoms with E-state index >= 15 is 0 Å². The van der Waals surface area contributed by atoms with Gasteiger partial charge in [0, 0.05) is 32.4 Å². The second kappa shape index (κ2) is 4.76. The van der Waals surface area contributed by atoms with Crippen LogP contribution in [0.2, 0.25) is 0 Å². The van der Waals surface area contributed by atoms with Crippen LogP contribution < -0.4 is 4.90 Å². The molecule has 0 aromatic carbocycles. The van der Waals surface area contributed by atoms with Crippen LogP contribution in [-0.4, -0.2) is 49.1 Å².